The number of hydrogen-bond donors (Lipinski definition) is 0. The first-order chi connectivity index (χ1) is 12.2. The van der Waals surface area contributed by atoms with E-state index < -0.39 is 0 Å². The number of rotatable bonds is 5. The number of carbonyl (C=O) groups is 2. The van der Waals surface area contributed by atoms with E-state index in [0.717, 1.165) is 30.9 Å². The molecular weight excluding hydrogens is 316 g/mol. The fourth-order valence-electron chi connectivity index (χ4n) is 2.97. The van der Waals surface area contributed by atoms with Gasteiger partial charge in [0.1, 0.15) is 5.69 Å². The molecule has 1 saturated heterocycles. The van der Waals surface area contributed by atoms with Crippen LogP contribution in [0.1, 0.15) is 17.4 Å². The molecule has 2 amide bonds. The van der Waals surface area contributed by atoms with Gasteiger partial charge in [-0.25, -0.2) is 4.98 Å². The maximum Gasteiger partial charge on any atom is 0.276 e. The normalized spacial score (nSPS) is 14.3. The first kappa shape index (κ1) is 17.0. The van der Waals surface area contributed by atoms with Crippen LogP contribution < -0.4 is 9.80 Å². The van der Waals surface area contributed by atoms with Crippen LogP contribution in [0.15, 0.2) is 48.7 Å². The van der Waals surface area contributed by atoms with Gasteiger partial charge in [-0.15, -0.1) is 0 Å². The number of carbonyl (C=O) groups excluding carboxylic acids is 2. The van der Waals surface area contributed by atoms with Crippen molar-refractivity contribution in [3.8, 4) is 0 Å². The summed E-state index contributed by atoms with van der Waals surface area (Å²) >= 11 is 0. The van der Waals surface area contributed by atoms with Gasteiger partial charge in [-0.2, -0.15) is 0 Å². The first-order valence-corrected chi connectivity index (χ1v) is 8.50. The van der Waals surface area contributed by atoms with Crippen molar-refractivity contribution in [1.82, 2.24) is 9.88 Å². The lowest BCUT2D eigenvalue weighted by Crippen LogP contribution is -2.45. The van der Waals surface area contributed by atoms with E-state index in [1.807, 2.05) is 43.3 Å². The van der Waals surface area contributed by atoms with Crippen LogP contribution in [0, 0.1) is 0 Å². The van der Waals surface area contributed by atoms with E-state index in [2.05, 4.69) is 9.88 Å². The zero-order valence-electron chi connectivity index (χ0n) is 14.3. The molecule has 25 heavy (non-hydrogen) atoms. The molecule has 0 spiro atoms. The number of benzene rings is 1. The number of hydrogen-bond acceptors (Lipinski definition) is 4. The average molecular weight is 338 g/mol. The van der Waals surface area contributed by atoms with E-state index in [4.69, 9.17) is 0 Å². The van der Waals surface area contributed by atoms with Crippen molar-refractivity contribution in [2.75, 3.05) is 42.5 Å². The van der Waals surface area contributed by atoms with Crippen LogP contribution in [-0.2, 0) is 4.79 Å². The maximum atomic E-state index is 12.8. The Morgan fingerprint density at radius 3 is 2.40 bits per heavy atom. The Morgan fingerprint density at radius 2 is 1.84 bits per heavy atom. The molecule has 0 saturated carbocycles. The predicted octanol–water partition coefficient (Wildman–Crippen LogP) is 2.03. The molecule has 1 aromatic carbocycles. The third-order valence-corrected chi connectivity index (χ3v) is 4.42. The highest BCUT2D eigenvalue weighted by molar-refractivity contribution is 6.04. The molecule has 0 atom stereocenters. The van der Waals surface area contributed by atoms with Crippen LogP contribution in [-0.4, -0.2) is 54.9 Å². The Bertz CT molecular complexity index is 710. The van der Waals surface area contributed by atoms with Gasteiger partial charge in [-0.05, 0) is 31.2 Å². The zero-order valence-corrected chi connectivity index (χ0v) is 14.3. The summed E-state index contributed by atoms with van der Waals surface area (Å²) in [5, 5.41) is 0. The Hall–Kier alpha value is -2.89. The number of anilines is 2. The van der Waals surface area contributed by atoms with Gasteiger partial charge in [0, 0.05) is 38.4 Å². The summed E-state index contributed by atoms with van der Waals surface area (Å²) in [5.41, 5.74) is 2.27. The number of pyridine rings is 1. The van der Waals surface area contributed by atoms with Crippen LogP contribution in [0.25, 0.3) is 0 Å². The van der Waals surface area contributed by atoms with Gasteiger partial charge in [0.15, 0.2) is 0 Å². The standard InChI is InChI=1S/C19H22N4O2/c1-2-23(16-6-4-3-5-7-16)19(25)18-9-8-17(14-20-18)22-12-10-21(15-24)11-13-22/h3-9,14-15H,2,10-13H2,1H3. The molecular formula is C19H22N4O2. The van der Waals surface area contributed by atoms with Crippen molar-refractivity contribution >= 4 is 23.7 Å². The fraction of sp³-hybridized carbons (Fsp3) is 0.316. The van der Waals surface area contributed by atoms with Gasteiger partial charge in [0.2, 0.25) is 6.41 Å². The number of piperazine rings is 1. The van der Waals surface area contributed by atoms with E-state index in [-0.39, 0.29) is 5.91 Å². The van der Waals surface area contributed by atoms with Crippen molar-refractivity contribution in [2.24, 2.45) is 0 Å². The van der Waals surface area contributed by atoms with Crippen LogP contribution in [0.4, 0.5) is 11.4 Å². The number of nitrogens with zero attached hydrogens (tertiary/aromatic N) is 4. The monoisotopic (exact) mass is 338 g/mol. The third kappa shape index (κ3) is 3.79. The van der Waals surface area contributed by atoms with E-state index in [9.17, 15) is 9.59 Å². The molecule has 3 rings (SSSR count). The van der Waals surface area contributed by atoms with E-state index >= 15 is 0 Å². The van der Waals surface area contributed by atoms with E-state index in [0.29, 0.717) is 25.3 Å². The van der Waals surface area contributed by atoms with Crippen LogP contribution in [0.2, 0.25) is 0 Å². The minimum absolute atomic E-state index is 0.106. The van der Waals surface area contributed by atoms with Crippen LogP contribution in [0.3, 0.4) is 0 Å². The van der Waals surface area contributed by atoms with Crippen molar-refractivity contribution in [2.45, 2.75) is 6.92 Å². The summed E-state index contributed by atoms with van der Waals surface area (Å²) in [7, 11) is 0. The highest BCUT2D eigenvalue weighted by Gasteiger charge is 2.19. The highest BCUT2D eigenvalue weighted by atomic mass is 16.2. The lowest BCUT2D eigenvalue weighted by Gasteiger charge is -2.33. The summed E-state index contributed by atoms with van der Waals surface area (Å²) in [5.74, 6) is -0.106. The van der Waals surface area contributed by atoms with E-state index in [1.54, 1.807) is 22.1 Å². The molecule has 1 fully saturated rings. The fourth-order valence-corrected chi connectivity index (χ4v) is 2.97. The summed E-state index contributed by atoms with van der Waals surface area (Å²) in [4.78, 5) is 33.6. The summed E-state index contributed by atoms with van der Waals surface area (Å²) in [6.07, 6.45) is 2.63. The lowest BCUT2D eigenvalue weighted by molar-refractivity contribution is -0.118. The van der Waals surface area contributed by atoms with Gasteiger partial charge < -0.3 is 14.7 Å². The van der Waals surface area contributed by atoms with Gasteiger partial charge in [-0.3, -0.25) is 9.59 Å². The topological polar surface area (TPSA) is 56.8 Å². The van der Waals surface area contributed by atoms with Gasteiger partial charge >= 0.3 is 0 Å². The molecule has 6 heteroatoms. The molecule has 1 aliphatic rings. The zero-order chi connectivity index (χ0) is 17.6. The van der Waals surface area contributed by atoms with Crippen molar-refractivity contribution < 1.29 is 9.59 Å². The largest absolute Gasteiger partial charge is 0.367 e. The summed E-state index contributed by atoms with van der Waals surface area (Å²) in [6.45, 7) is 5.51. The number of para-hydroxylation sites is 1. The molecule has 0 N–H and O–H groups in total. The molecule has 0 unspecified atom stereocenters. The Labute approximate surface area is 147 Å². The van der Waals surface area contributed by atoms with Crippen molar-refractivity contribution in [1.29, 1.82) is 0 Å². The molecule has 0 aliphatic carbocycles. The molecule has 6 nitrogen and oxygen atoms in total. The minimum atomic E-state index is -0.106. The lowest BCUT2D eigenvalue weighted by atomic mass is 10.2. The predicted molar refractivity (Wildman–Crippen MR) is 97.9 cm³/mol. The Kier molecular flexibility index (Phi) is 5.28. The molecule has 2 heterocycles. The molecule has 0 bridgehead atoms. The maximum absolute atomic E-state index is 12.8. The second-order valence-corrected chi connectivity index (χ2v) is 5.92. The number of amides is 2. The van der Waals surface area contributed by atoms with Crippen molar-refractivity contribution in [3.63, 3.8) is 0 Å². The minimum Gasteiger partial charge on any atom is -0.367 e. The molecule has 1 aromatic heterocycles. The molecule has 130 valence electrons. The van der Waals surface area contributed by atoms with E-state index in [1.165, 1.54) is 0 Å². The van der Waals surface area contributed by atoms with Crippen LogP contribution >= 0.6 is 0 Å². The SMILES string of the molecule is CCN(C(=O)c1ccc(N2CCN(C=O)CC2)cn1)c1ccccc1. The summed E-state index contributed by atoms with van der Waals surface area (Å²) in [6, 6.07) is 13.3. The van der Waals surface area contributed by atoms with Crippen molar-refractivity contribution in [3.05, 3.63) is 54.4 Å². The van der Waals surface area contributed by atoms with Crippen LogP contribution in [0.5, 0.6) is 0 Å². The Morgan fingerprint density at radius 1 is 1.12 bits per heavy atom. The summed E-state index contributed by atoms with van der Waals surface area (Å²) < 4.78 is 0. The second kappa shape index (κ2) is 7.79. The first-order valence-electron chi connectivity index (χ1n) is 8.50. The smallest absolute Gasteiger partial charge is 0.276 e. The average Bonchev–Trinajstić information content (AvgIpc) is 2.69. The second-order valence-electron chi connectivity index (χ2n) is 5.92. The van der Waals surface area contributed by atoms with Gasteiger partial charge in [0.25, 0.3) is 5.91 Å². The van der Waals surface area contributed by atoms with Gasteiger partial charge in [-0.1, -0.05) is 18.2 Å². The number of aromatic nitrogens is 1. The molecule has 2 aromatic rings. The molecule has 0 radical (unpaired) electrons. The Balaban J connectivity index is 1.71. The quantitative estimate of drug-likeness (QED) is 0.783. The molecule has 1 aliphatic heterocycles. The highest BCUT2D eigenvalue weighted by Crippen LogP contribution is 2.19. The van der Waals surface area contributed by atoms with Gasteiger partial charge in [0.05, 0.1) is 11.9 Å². The third-order valence-electron chi connectivity index (χ3n) is 4.42.